The molecule has 0 saturated carbocycles. The van der Waals surface area contributed by atoms with Gasteiger partial charge < -0.3 is 10.1 Å². The van der Waals surface area contributed by atoms with Crippen molar-refractivity contribution in [3.63, 3.8) is 0 Å². The fraction of sp³-hybridized carbons (Fsp3) is 0.0968. The van der Waals surface area contributed by atoms with E-state index in [0.29, 0.717) is 28.3 Å². The van der Waals surface area contributed by atoms with E-state index in [1.165, 1.54) is 11.8 Å². The molecule has 8 nitrogen and oxygen atoms in total. The molecule has 2 N–H and O–H groups in total. The summed E-state index contributed by atoms with van der Waals surface area (Å²) in [6, 6.07) is 34.3. The molecule has 0 unspecified atom stereocenters. The number of benzene rings is 4. The highest BCUT2D eigenvalue weighted by Gasteiger charge is 2.21. The lowest BCUT2D eigenvalue weighted by atomic mass is 10.2. The summed E-state index contributed by atoms with van der Waals surface area (Å²) in [5.74, 6) is 1.87. The van der Waals surface area contributed by atoms with Crippen molar-refractivity contribution in [2.45, 2.75) is 23.9 Å². The molecule has 1 atom stereocenters. The number of para-hydroxylation sites is 2. The first-order valence-electron chi connectivity index (χ1n) is 12.9. The molecule has 0 aliphatic rings. The number of hydrogen-bond acceptors (Lipinski definition) is 7. The van der Waals surface area contributed by atoms with Crippen molar-refractivity contribution in [3.05, 3.63) is 126 Å². The zero-order valence-corrected chi connectivity index (χ0v) is 23.7. The predicted octanol–water partition coefficient (Wildman–Crippen LogP) is 6.96. The standard InChI is InChI=1S/C31H27ClN6O2S/c1-22(30(39)36-34-20-23-9-8-14-28(19-23)40-27-12-6-3-7-13-27)41-31-37-35-29(38(31)26-10-4-2-5-11-26)21-33-25-17-15-24(32)16-18-25/h2-20,22,33H,21H2,1H3,(H,36,39)/b34-20-/t22-/m1/s1. The lowest BCUT2D eigenvalue weighted by molar-refractivity contribution is -0.120. The van der Waals surface area contributed by atoms with E-state index in [-0.39, 0.29) is 5.91 Å². The molecule has 0 radical (unpaired) electrons. The van der Waals surface area contributed by atoms with Crippen LogP contribution in [-0.2, 0) is 11.3 Å². The molecular formula is C31H27ClN6O2S. The number of ether oxygens (including phenoxy) is 1. The van der Waals surface area contributed by atoms with E-state index < -0.39 is 5.25 Å². The maximum Gasteiger partial charge on any atom is 0.253 e. The van der Waals surface area contributed by atoms with Crippen LogP contribution >= 0.6 is 23.4 Å². The van der Waals surface area contributed by atoms with Crippen LogP contribution < -0.4 is 15.5 Å². The number of halogens is 1. The number of aromatic nitrogens is 3. The maximum atomic E-state index is 12.9. The summed E-state index contributed by atoms with van der Waals surface area (Å²) in [6.07, 6.45) is 1.58. The van der Waals surface area contributed by atoms with Crippen molar-refractivity contribution < 1.29 is 9.53 Å². The van der Waals surface area contributed by atoms with Gasteiger partial charge in [-0.3, -0.25) is 9.36 Å². The molecule has 0 fully saturated rings. The van der Waals surface area contributed by atoms with Gasteiger partial charge in [-0.05, 0) is 73.2 Å². The Morgan fingerprint density at radius 3 is 2.41 bits per heavy atom. The van der Waals surface area contributed by atoms with Gasteiger partial charge in [-0.25, -0.2) is 5.43 Å². The molecule has 206 valence electrons. The van der Waals surface area contributed by atoms with Crippen LogP contribution in [0.25, 0.3) is 5.69 Å². The summed E-state index contributed by atoms with van der Waals surface area (Å²) in [7, 11) is 0. The molecule has 5 aromatic rings. The Labute approximate surface area is 247 Å². The summed E-state index contributed by atoms with van der Waals surface area (Å²) in [5.41, 5.74) is 5.23. The average molecular weight is 583 g/mol. The van der Waals surface area contributed by atoms with E-state index in [0.717, 1.165) is 22.7 Å². The molecule has 0 aliphatic carbocycles. The fourth-order valence-corrected chi connectivity index (χ4v) is 4.84. The van der Waals surface area contributed by atoms with Gasteiger partial charge in [-0.1, -0.05) is 71.9 Å². The summed E-state index contributed by atoms with van der Waals surface area (Å²) < 4.78 is 7.81. The molecule has 0 aliphatic heterocycles. The van der Waals surface area contributed by atoms with Gasteiger partial charge in [0.05, 0.1) is 18.0 Å². The van der Waals surface area contributed by atoms with Crippen LogP contribution in [0.15, 0.2) is 119 Å². The van der Waals surface area contributed by atoms with Crippen LogP contribution in [0.2, 0.25) is 5.02 Å². The number of hydrazone groups is 1. The zero-order valence-electron chi connectivity index (χ0n) is 22.1. The van der Waals surface area contributed by atoms with Crippen molar-refractivity contribution in [3.8, 4) is 17.2 Å². The van der Waals surface area contributed by atoms with Crippen molar-refractivity contribution in [2.75, 3.05) is 5.32 Å². The number of anilines is 1. The molecule has 0 saturated heterocycles. The van der Waals surface area contributed by atoms with Crippen LogP contribution in [0, 0.1) is 0 Å². The Balaban J connectivity index is 1.23. The summed E-state index contributed by atoms with van der Waals surface area (Å²) in [5, 5.41) is 17.1. The van der Waals surface area contributed by atoms with E-state index >= 15 is 0 Å². The Bertz CT molecular complexity index is 1610. The molecule has 10 heteroatoms. The van der Waals surface area contributed by atoms with Gasteiger partial charge in [0.25, 0.3) is 5.91 Å². The number of nitrogens with one attached hydrogen (secondary N) is 2. The van der Waals surface area contributed by atoms with Gasteiger partial charge >= 0.3 is 0 Å². The van der Waals surface area contributed by atoms with Gasteiger partial charge in [0.2, 0.25) is 0 Å². The van der Waals surface area contributed by atoms with Gasteiger partial charge in [0, 0.05) is 16.4 Å². The van der Waals surface area contributed by atoms with Crippen LogP contribution in [0.4, 0.5) is 5.69 Å². The molecular weight excluding hydrogens is 556 g/mol. The van der Waals surface area contributed by atoms with Crippen molar-refractivity contribution in [1.29, 1.82) is 0 Å². The van der Waals surface area contributed by atoms with Crippen LogP contribution in [-0.4, -0.2) is 32.1 Å². The molecule has 1 amide bonds. The number of carbonyl (C=O) groups is 1. The second-order valence-electron chi connectivity index (χ2n) is 8.91. The van der Waals surface area contributed by atoms with Gasteiger partial charge in [0.15, 0.2) is 11.0 Å². The van der Waals surface area contributed by atoms with Crippen LogP contribution in [0.5, 0.6) is 11.5 Å². The van der Waals surface area contributed by atoms with Crippen molar-refractivity contribution in [1.82, 2.24) is 20.2 Å². The highest BCUT2D eigenvalue weighted by atomic mass is 35.5. The molecule has 1 heterocycles. The zero-order chi connectivity index (χ0) is 28.4. The monoisotopic (exact) mass is 582 g/mol. The van der Waals surface area contributed by atoms with E-state index in [4.69, 9.17) is 16.3 Å². The Kier molecular flexibility index (Phi) is 9.30. The number of amides is 1. The first-order valence-corrected chi connectivity index (χ1v) is 14.1. The first kappa shape index (κ1) is 27.9. The molecule has 0 bridgehead atoms. The van der Waals surface area contributed by atoms with E-state index in [1.807, 2.05) is 114 Å². The minimum atomic E-state index is -0.483. The average Bonchev–Trinajstić information content (AvgIpc) is 3.40. The van der Waals surface area contributed by atoms with E-state index in [1.54, 1.807) is 13.1 Å². The lowest BCUT2D eigenvalue weighted by Crippen LogP contribution is -2.27. The highest BCUT2D eigenvalue weighted by molar-refractivity contribution is 8.00. The maximum absolute atomic E-state index is 12.9. The molecule has 4 aromatic carbocycles. The smallest absolute Gasteiger partial charge is 0.253 e. The number of thioether (sulfide) groups is 1. The van der Waals surface area contributed by atoms with Crippen molar-refractivity contribution in [2.24, 2.45) is 5.10 Å². The highest BCUT2D eigenvalue weighted by Crippen LogP contribution is 2.27. The van der Waals surface area contributed by atoms with E-state index in [2.05, 4.69) is 26.0 Å². The molecule has 5 rings (SSSR count). The minimum absolute atomic E-state index is 0.258. The predicted molar refractivity (Wildman–Crippen MR) is 164 cm³/mol. The minimum Gasteiger partial charge on any atom is -0.457 e. The number of hydrogen-bond donors (Lipinski definition) is 2. The van der Waals surface area contributed by atoms with Crippen LogP contribution in [0.1, 0.15) is 18.3 Å². The Morgan fingerprint density at radius 1 is 0.951 bits per heavy atom. The Morgan fingerprint density at radius 2 is 1.66 bits per heavy atom. The number of rotatable bonds is 11. The Hall–Kier alpha value is -4.60. The third-order valence-electron chi connectivity index (χ3n) is 5.89. The second-order valence-corrected chi connectivity index (χ2v) is 10.7. The normalized spacial score (nSPS) is 11.8. The summed E-state index contributed by atoms with van der Waals surface area (Å²) >= 11 is 7.31. The third-order valence-corrected chi connectivity index (χ3v) is 7.18. The van der Waals surface area contributed by atoms with Gasteiger partial charge in [-0.15, -0.1) is 10.2 Å². The van der Waals surface area contributed by atoms with Crippen LogP contribution in [0.3, 0.4) is 0 Å². The topological polar surface area (TPSA) is 93.4 Å². The first-order chi connectivity index (χ1) is 20.0. The molecule has 1 aromatic heterocycles. The molecule has 41 heavy (non-hydrogen) atoms. The van der Waals surface area contributed by atoms with Gasteiger partial charge in [-0.2, -0.15) is 5.10 Å². The third kappa shape index (κ3) is 7.75. The molecule has 0 spiro atoms. The number of carbonyl (C=O) groups excluding carboxylic acids is 1. The van der Waals surface area contributed by atoms with Crippen molar-refractivity contribution >= 4 is 41.2 Å². The number of nitrogens with zero attached hydrogens (tertiary/aromatic N) is 4. The SMILES string of the molecule is C[C@@H](Sc1nnc(CNc2ccc(Cl)cc2)n1-c1ccccc1)C(=O)N/N=C\c1cccc(Oc2ccccc2)c1. The summed E-state index contributed by atoms with van der Waals surface area (Å²) in [4.78, 5) is 12.9. The quantitative estimate of drug-likeness (QED) is 0.0993. The van der Waals surface area contributed by atoms with Gasteiger partial charge in [0.1, 0.15) is 11.5 Å². The fourth-order valence-electron chi connectivity index (χ4n) is 3.83. The largest absolute Gasteiger partial charge is 0.457 e. The second kappa shape index (κ2) is 13.6. The lowest BCUT2D eigenvalue weighted by Gasteiger charge is -2.13. The van der Waals surface area contributed by atoms with E-state index in [9.17, 15) is 4.79 Å². The summed E-state index contributed by atoms with van der Waals surface area (Å²) in [6.45, 7) is 2.24.